The highest BCUT2D eigenvalue weighted by atomic mass is 32.1. The minimum Gasteiger partial charge on any atom is -0.509 e. The number of halogens is 4. The lowest BCUT2D eigenvalue weighted by Crippen LogP contribution is -2.38. The third kappa shape index (κ3) is 2.99. The van der Waals surface area contributed by atoms with Gasteiger partial charge in [0, 0.05) is 6.42 Å². The van der Waals surface area contributed by atoms with Crippen LogP contribution in [0.1, 0.15) is 12.6 Å². The number of hydrogen-bond acceptors (Lipinski definition) is 5. The Morgan fingerprint density at radius 3 is 2.68 bits per heavy atom. The summed E-state index contributed by atoms with van der Waals surface area (Å²) in [6.07, 6.45) is -7.04. The molecule has 22 heavy (non-hydrogen) atoms. The Labute approximate surface area is 125 Å². The third-order valence-corrected chi connectivity index (χ3v) is 3.42. The van der Waals surface area contributed by atoms with Crippen LogP contribution in [-0.2, 0) is 4.74 Å². The Morgan fingerprint density at radius 1 is 1.50 bits per heavy atom. The van der Waals surface area contributed by atoms with Crippen LogP contribution in [0.15, 0.2) is 22.5 Å². The van der Waals surface area contributed by atoms with Gasteiger partial charge >= 0.3 is 6.18 Å². The molecule has 2 rings (SSSR count). The molecule has 0 saturated heterocycles. The van der Waals surface area contributed by atoms with Crippen LogP contribution in [0.5, 0.6) is 0 Å². The molecule has 122 valence electrons. The summed E-state index contributed by atoms with van der Waals surface area (Å²) in [5.41, 5.74) is -1.18. The number of aliphatic hydroxyl groups is 2. The number of alkyl halides is 3. The maximum atomic E-state index is 13.3. The zero-order valence-corrected chi connectivity index (χ0v) is 11.5. The first kappa shape index (κ1) is 16.5. The van der Waals surface area contributed by atoms with Crippen molar-refractivity contribution < 1.29 is 32.5 Å². The Balaban J connectivity index is 2.57. The van der Waals surface area contributed by atoms with E-state index in [1.54, 1.807) is 0 Å². The van der Waals surface area contributed by atoms with Crippen LogP contribution in [0.4, 0.5) is 17.6 Å². The number of rotatable bonds is 2. The van der Waals surface area contributed by atoms with Crippen molar-refractivity contribution in [3.63, 3.8) is 0 Å². The lowest BCUT2D eigenvalue weighted by atomic mass is 9.98. The maximum Gasteiger partial charge on any atom is 0.397 e. The maximum absolute atomic E-state index is 13.3. The van der Waals surface area contributed by atoms with E-state index in [0.29, 0.717) is 10.8 Å². The zero-order chi connectivity index (χ0) is 16.7. The van der Waals surface area contributed by atoms with Gasteiger partial charge in [-0.05, 0) is 12.2 Å². The predicted octanol–water partition coefficient (Wildman–Crippen LogP) is 1.90. The van der Waals surface area contributed by atoms with E-state index in [9.17, 15) is 27.5 Å². The lowest BCUT2D eigenvalue weighted by molar-refractivity contribution is -0.226. The van der Waals surface area contributed by atoms with E-state index in [-0.39, 0.29) is 0 Å². The number of aliphatic hydroxyl groups excluding tert-OH is 2. The van der Waals surface area contributed by atoms with Gasteiger partial charge in [0.25, 0.3) is 5.56 Å². The van der Waals surface area contributed by atoms with Crippen LogP contribution >= 0.6 is 12.2 Å². The van der Waals surface area contributed by atoms with E-state index in [1.807, 2.05) is 4.98 Å². The van der Waals surface area contributed by atoms with Gasteiger partial charge in [0.05, 0.1) is 6.20 Å². The van der Waals surface area contributed by atoms with Gasteiger partial charge < -0.3 is 14.9 Å². The van der Waals surface area contributed by atoms with Crippen LogP contribution in [0, 0.1) is 16.5 Å². The van der Waals surface area contributed by atoms with Gasteiger partial charge in [0.2, 0.25) is 5.82 Å². The molecule has 3 N–H and O–H groups in total. The molecule has 0 aromatic carbocycles. The predicted molar refractivity (Wildman–Crippen MR) is 66.9 cm³/mol. The summed E-state index contributed by atoms with van der Waals surface area (Å²) in [6.45, 7) is -0.841. The van der Waals surface area contributed by atoms with Gasteiger partial charge in [-0.15, -0.1) is 0 Å². The van der Waals surface area contributed by atoms with E-state index in [1.165, 1.54) is 0 Å². The van der Waals surface area contributed by atoms with Crippen LogP contribution in [-0.4, -0.2) is 32.5 Å². The average Bonchev–Trinajstić information content (AvgIpc) is 2.42. The number of aromatic nitrogens is 2. The number of nitrogens with zero attached hydrogens (tertiary/aromatic N) is 1. The van der Waals surface area contributed by atoms with E-state index < -0.39 is 59.0 Å². The SMILES string of the molecule is O=c1[nH]c(=S)n([C@@H]2OC(CO)=C(O)CC2C(F)(F)F)cc1F. The smallest absolute Gasteiger partial charge is 0.397 e. The molecule has 0 amide bonds. The summed E-state index contributed by atoms with van der Waals surface area (Å²) in [6, 6.07) is 0. The molecule has 0 bridgehead atoms. The van der Waals surface area contributed by atoms with Gasteiger partial charge in [-0.1, -0.05) is 0 Å². The molecular formula is C11H10F4N2O4S. The highest BCUT2D eigenvalue weighted by Crippen LogP contribution is 2.43. The molecule has 1 aromatic heterocycles. The first-order valence-electron chi connectivity index (χ1n) is 5.91. The average molecular weight is 342 g/mol. The van der Waals surface area contributed by atoms with Crippen molar-refractivity contribution in [2.75, 3.05) is 6.61 Å². The van der Waals surface area contributed by atoms with Crippen molar-refractivity contribution in [3.05, 3.63) is 38.7 Å². The van der Waals surface area contributed by atoms with Gasteiger partial charge in [-0.2, -0.15) is 17.6 Å². The van der Waals surface area contributed by atoms with Gasteiger partial charge in [0.15, 0.2) is 16.8 Å². The molecule has 1 aromatic rings. The fourth-order valence-electron chi connectivity index (χ4n) is 2.03. The molecule has 0 spiro atoms. The van der Waals surface area contributed by atoms with Crippen molar-refractivity contribution in [1.29, 1.82) is 0 Å². The van der Waals surface area contributed by atoms with Crippen molar-refractivity contribution in [2.45, 2.75) is 18.8 Å². The first-order chi connectivity index (χ1) is 10.1. The molecule has 11 heteroatoms. The van der Waals surface area contributed by atoms with Crippen molar-refractivity contribution >= 4 is 12.2 Å². The minimum absolute atomic E-state index is 0.473. The highest BCUT2D eigenvalue weighted by Gasteiger charge is 2.50. The third-order valence-electron chi connectivity index (χ3n) is 3.10. The van der Waals surface area contributed by atoms with E-state index in [4.69, 9.17) is 22.1 Å². The molecule has 1 aliphatic rings. The monoisotopic (exact) mass is 342 g/mol. The quantitative estimate of drug-likeness (QED) is 0.564. The molecule has 0 saturated carbocycles. The summed E-state index contributed by atoms with van der Waals surface area (Å²) < 4.78 is 57.7. The molecular weight excluding hydrogens is 332 g/mol. The molecule has 1 aliphatic heterocycles. The number of allylic oxidation sites excluding steroid dienone is 1. The Bertz CT molecular complexity index is 724. The van der Waals surface area contributed by atoms with E-state index in [2.05, 4.69) is 0 Å². The second kappa shape index (κ2) is 5.72. The van der Waals surface area contributed by atoms with Crippen LogP contribution in [0.2, 0.25) is 0 Å². The molecule has 6 nitrogen and oxygen atoms in total. The van der Waals surface area contributed by atoms with E-state index >= 15 is 0 Å². The summed E-state index contributed by atoms with van der Waals surface area (Å²) in [4.78, 5) is 12.9. The highest BCUT2D eigenvalue weighted by molar-refractivity contribution is 7.71. The van der Waals surface area contributed by atoms with Crippen molar-refractivity contribution in [2.24, 2.45) is 5.92 Å². The number of ether oxygens (including phenoxy) is 1. The van der Waals surface area contributed by atoms with Crippen LogP contribution < -0.4 is 5.56 Å². The molecule has 2 heterocycles. The molecule has 0 aliphatic carbocycles. The summed E-state index contributed by atoms with van der Waals surface area (Å²) in [5.74, 6) is -4.81. The molecule has 0 fully saturated rings. The van der Waals surface area contributed by atoms with Crippen molar-refractivity contribution in [1.82, 2.24) is 9.55 Å². The largest absolute Gasteiger partial charge is 0.509 e. The molecule has 0 radical (unpaired) electrons. The lowest BCUT2D eigenvalue weighted by Gasteiger charge is -2.35. The van der Waals surface area contributed by atoms with Gasteiger partial charge in [0.1, 0.15) is 18.3 Å². The van der Waals surface area contributed by atoms with Crippen LogP contribution in [0.25, 0.3) is 0 Å². The van der Waals surface area contributed by atoms with Gasteiger partial charge in [-0.3, -0.25) is 14.3 Å². The van der Waals surface area contributed by atoms with Gasteiger partial charge in [-0.25, -0.2) is 0 Å². The number of nitrogens with one attached hydrogen (secondary N) is 1. The van der Waals surface area contributed by atoms with Crippen molar-refractivity contribution in [3.8, 4) is 0 Å². The summed E-state index contributed by atoms with van der Waals surface area (Å²) >= 11 is 4.71. The first-order valence-corrected chi connectivity index (χ1v) is 6.32. The number of hydrogen-bond donors (Lipinski definition) is 3. The summed E-state index contributed by atoms with van der Waals surface area (Å²) in [7, 11) is 0. The zero-order valence-electron chi connectivity index (χ0n) is 10.7. The Hall–Kier alpha value is -1.88. The molecule has 1 unspecified atom stereocenters. The fourth-order valence-corrected chi connectivity index (χ4v) is 2.27. The second-order valence-electron chi connectivity index (χ2n) is 4.53. The van der Waals surface area contributed by atoms with E-state index in [0.717, 1.165) is 0 Å². The minimum atomic E-state index is -4.79. The fraction of sp³-hybridized carbons (Fsp3) is 0.455. The Kier molecular flexibility index (Phi) is 4.29. The second-order valence-corrected chi connectivity index (χ2v) is 4.92. The molecule has 2 atom stereocenters. The number of aromatic amines is 1. The standard InChI is InChI=1S/C11H10F4N2O4S/c12-5-2-17(10(22)16-8(5)20)9-4(11(13,14)15)1-6(19)7(3-18)21-9/h2,4,9,18-19H,1,3H2,(H,16,20,22)/t4?,9-/m1/s1. The topological polar surface area (TPSA) is 87.5 Å². The Morgan fingerprint density at radius 2 is 2.14 bits per heavy atom. The summed E-state index contributed by atoms with van der Waals surface area (Å²) in [5, 5.41) is 18.5. The van der Waals surface area contributed by atoms with Crippen LogP contribution in [0.3, 0.4) is 0 Å². The normalized spacial score (nSPS) is 22.6. The number of H-pyrrole nitrogens is 1.